The van der Waals surface area contributed by atoms with Gasteiger partial charge in [-0.15, -0.1) is 0 Å². The lowest BCUT2D eigenvalue weighted by Gasteiger charge is -2.22. The van der Waals surface area contributed by atoms with Crippen LogP contribution in [0.5, 0.6) is 0 Å². The number of hydrogen-bond acceptors (Lipinski definition) is 2. The molecular formula is C14H22N3O+. The topological polar surface area (TPSA) is 28.1 Å². The Balaban J connectivity index is 2.25. The van der Waals surface area contributed by atoms with Crippen LogP contribution in [-0.4, -0.2) is 57.1 Å². The molecule has 0 heterocycles. The van der Waals surface area contributed by atoms with Crippen LogP contribution in [0.3, 0.4) is 0 Å². The monoisotopic (exact) mass is 248 g/mol. The highest BCUT2D eigenvalue weighted by Crippen LogP contribution is 2.05. The molecule has 0 atom stereocenters. The van der Waals surface area contributed by atoms with Gasteiger partial charge >= 0.3 is 0 Å². The van der Waals surface area contributed by atoms with E-state index in [1.54, 1.807) is 0 Å². The second-order valence-electron chi connectivity index (χ2n) is 4.41. The first-order chi connectivity index (χ1) is 8.61. The van der Waals surface area contributed by atoms with Crippen molar-refractivity contribution in [2.45, 2.75) is 6.42 Å². The Bertz CT molecular complexity index is 355. The minimum Gasteiger partial charge on any atom is -0.434 e. The smallest absolute Gasteiger partial charge is 0.233 e. The predicted octanol–water partition coefficient (Wildman–Crippen LogP) is 1.69. The Kier molecular flexibility index (Phi) is 5.95. The van der Waals surface area contributed by atoms with E-state index in [9.17, 15) is 0 Å². The third kappa shape index (κ3) is 5.02. The Labute approximate surface area is 110 Å². The van der Waals surface area contributed by atoms with Crippen LogP contribution in [0.25, 0.3) is 0 Å². The van der Waals surface area contributed by atoms with Gasteiger partial charge in [-0.3, -0.25) is 4.99 Å². The Hall–Kier alpha value is -1.80. The zero-order chi connectivity index (χ0) is 13.4. The van der Waals surface area contributed by atoms with E-state index < -0.39 is 0 Å². The minimum atomic E-state index is 0.676. The SMILES string of the molecule is CN(C)C(=NCCCOC1=CC=C[C+]=C1)N(C)C. The molecule has 18 heavy (non-hydrogen) atoms. The van der Waals surface area contributed by atoms with Gasteiger partial charge in [0.25, 0.3) is 0 Å². The summed E-state index contributed by atoms with van der Waals surface area (Å²) in [5, 5.41) is 0. The zero-order valence-electron chi connectivity index (χ0n) is 11.7. The lowest BCUT2D eigenvalue weighted by Crippen LogP contribution is -2.35. The molecule has 0 unspecified atom stereocenters. The second kappa shape index (κ2) is 7.51. The van der Waals surface area contributed by atoms with Crippen molar-refractivity contribution in [3.63, 3.8) is 0 Å². The van der Waals surface area contributed by atoms with E-state index in [4.69, 9.17) is 4.74 Å². The molecule has 0 saturated heterocycles. The summed E-state index contributed by atoms with van der Waals surface area (Å²) in [6.45, 7) is 1.44. The quantitative estimate of drug-likeness (QED) is 0.321. The molecule has 0 bridgehead atoms. The summed E-state index contributed by atoms with van der Waals surface area (Å²) in [5.74, 6) is 1.84. The maximum absolute atomic E-state index is 5.58. The number of allylic oxidation sites excluding steroid dienone is 5. The summed E-state index contributed by atoms with van der Waals surface area (Å²) in [5.41, 5.74) is 0. The average Bonchev–Trinajstić information content (AvgIpc) is 2.34. The molecule has 0 saturated carbocycles. The van der Waals surface area contributed by atoms with Gasteiger partial charge in [-0.2, -0.15) is 0 Å². The van der Waals surface area contributed by atoms with Crippen molar-refractivity contribution in [2.24, 2.45) is 4.99 Å². The van der Waals surface area contributed by atoms with Crippen LogP contribution in [0, 0.1) is 6.08 Å². The van der Waals surface area contributed by atoms with Crippen molar-refractivity contribution in [3.8, 4) is 0 Å². The first-order valence-electron chi connectivity index (χ1n) is 6.09. The standard InChI is InChI=1S/C14H22N3O/c1-16(2)14(17(3)4)15-11-8-12-18-13-9-6-5-7-10-13/h5-6,9-10H,8,11-12H2,1-4H3/q+1. The van der Waals surface area contributed by atoms with Crippen LogP contribution in [0.15, 0.2) is 35.1 Å². The van der Waals surface area contributed by atoms with Gasteiger partial charge in [0.15, 0.2) is 5.96 Å². The van der Waals surface area contributed by atoms with Crippen molar-refractivity contribution in [3.05, 3.63) is 36.1 Å². The average molecular weight is 248 g/mol. The van der Waals surface area contributed by atoms with E-state index in [1.165, 1.54) is 0 Å². The van der Waals surface area contributed by atoms with E-state index in [1.807, 2.05) is 62.3 Å². The summed E-state index contributed by atoms with van der Waals surface area (Å²) in [4.78, 5) is 8.55. The van der Waals surface area contributed by atoms with Crippen molar-refractivity contribution < 1.29 is 4.74 Å². The first kappa shape index (κ1) is 14.3. The molecule has 0 radical (unpaired) electrons. The molecule has 0 fully saturated rings. The molecule has 1 aliphatic rings. The van der Waals surface area contributed by atoms with E-state index in [0.717, 1.165) is 24.7 Å². The van der Waals surface area contributed by atoms with Crippen molar-refractivity contribution in [1.82, 2.24) is 9.80 Å². The number of rotatable bonds is 5. The van der Waals surface area contributed by atoms with Crippen molar-refractivity contribution >= 4 is 5.96 Å². The molecular weight excluding hydrogens is 226 g/mol. The van der Waals surface area contributed by atoms with Crippen LogP contribution in [0.4, 0.5) is 0 Å². The van der Waals surface area contributed by atoms with Gasteiger partial charge in [0, 0.05) is 47.2 Å². The molecule has 4 heteroatoms. The number of hydrogen-bond donors (Lipinski definition) is 0. The largest absolute Gasteiger partial charge is 0.434 e. The highest BCUT2D eigenvalue weighted by molar-refractivity contribution is 5.79. The summed E-state index contributed by atoms with van der Waals surface area (Å²) in [7, 11) is 7.98. The molecule has 4 nitrogen and oxygen atoms in total. The minimum absolute atomic E-state index is 0.676. The molecule has 1 rings (SSSR count). The molecule has 0 spiro atoms. The summed E-state index contributed by atoms with van der Waals surface area (Å²) in [6, 6.07) is 0. The maximum Gasteiger partial charge on any atom is 0.233 e. The summed E-state index contributed by atoms with van der Waals surface area (Å²) < 4.78 is 5.58. The van der Waals surface area contributed by atoms with Crippen LogP contribution in [0.2, 0.25) is 0 Å². The van der Waals surface area contributed by atoms with Gasteiger partial charge in [0.1, 0.15) is 18.8 Å². The first-order valence-corrected chi connectivity index (χ1v) is 6.09. The second-order valence-corrected chi connectivity index (χ2v) is 4.41. The fourth-order valence-corrected chi connectivity index (χ4v) is 1.58. The highest BCUT2D eigenvalue weighted by atomic mass is 16.5. The van der Waals surface area contributed by atoms with E-state index in [-0.39, 0.29) is 0 Å². The predicted molar refractivity (Wildman–Crippen MR) is 75.3 cm³/mol. The van der Waals surface area contributed by atoms with Crippen LogP contribution in [0.1, 0.15) is 6.42 Å². The normalized spacial score (nSPS) is 12.6. The van der Waals surface area contributed by atoms with Crippen LogP contribution < -0.4 is 0 Å². The third-order valence-electron chi connectivity index (χ3n) is 2.30. The number of guanidine groups is 1. The summed E-state index contributed by atoms with van der Waals surface area (Å²) >= 11 is 0. The lowest BCUT2D eigenvalue weighted by atomic mass is 10.3. The van der Waals surface area contributed by atoms with Gasteiger partial charge < -0.3 is 14.5 Å². The molecule has 98 valence electrons. The van der Waals surface area contributed by atoms with Gasteiger partial charge in [0.05, 0.1) is 12.2 Å². The number of nitrogens with zero attached hydrogens (tertiary/aromatic N) is 3. The van der Waals surface area contributed by atoms with Crippen LogP contribution >= 0.6 is 0 Å². The Morgan fingerprint density at radius 1 is 1.28 bits per heavy atom. The van der Waals surface area contributed by atoms with E-state index >= 15 is 0 Å². The van der Waals surface area contributed by atoms with Gasteiger partial charge in [-0.1, -0.05) is 0 Å². The fourth-order valence-electron chi connectivity index (χ4n) is 1.58. The van der Waals surface area contributed by atoms with Gasteiger partial charge in [-0.05, 0) is 0 Å². The highest BCUT2D eigenvalue weighted by Gasteiger charge is 2.05. The Morgan fingerprint density at radius 2 is 2.00 bits per heavy atom. The number of ether oxygens (including phenoxy) is 1. The lowest BCUT2D eigenvalue weighted by molar-refractivity contribution is 0.222. The van der Waals surface area contributed by atoms with Gasteiger partial charge in [0.2, 0.25) is 5.76 Å². The maximum atomic E-state index is 5.58. The number of aliphatic imine (C=N–C) groups is 1. The molecule has 1 aliphatic carbocycles. The zero-order valence-corrected chi connectivity index (χ0v) is 11.7. The van der Waals surface area contributed by atoms with Crippen LogP contribution in [-0.2, 0) is 4.74 Å². The summed E-state index contributed by atoms with van der Waals surface area (Å²) in [6.07, 6.45) is 11.4. The third-order valence-corrected chi connectivity index (χ3v) is 2.30. The molecule has 0 N–H and O–H groups in total. The van der Waals surface area contributed by atoms with E-state index in [0.29, 0.717) is 6.61 Å². The fraction of sp³-hybridized carbons (Fsp3) is 0.500. The van der Waals surface area contributed by atoms with E-state index in [2.05, 4.69) is 11.1 Å². The van der Waals surface area contributed by atoms with Crippen molar-refractivity contribution in [1.29, 1.82) is 0 Å². The Morgan fingerprint density at radius 3 is 2.56 bits per heavy atom. The molecule has 0 aromatic rings. The van der Waals surface area contributed by atoms with Crippen molar-refractivity contribution in [2.75, 3.05) is 41.3 Å². The molecule has 0 aliphatic heterocycles. The van der Waals surface area contributed by atoms with Gasteiger partial charge in [-0.25, -0.2) is 0 Å². The molecule has 0 amide bonds. The molecule has 0 aromatic heterocycles. The molecule has 0 aromatic carbocycles.